The molecule has 102 valence electrons. The summed E-state index contributed by atoms with van der Waals surface area (Å²) in [6, 6.07) is 0. The van der Waals surface area contributed by atoms with E-state index in [1.54, 1.807) is 5.32 Å². The van der Waals surface area contributed by atoms with Gasteiger partial charge in [0.25, 0.3) is 0 Å². The Labute approximate surface area is 110 Å². The van der Waals surface area contributed by atoms with E-state index in [-0.39, 0.29) is 0 Å². The number of hydrogen-bond donors (Lipinski definition) is 1. The van der Waals surface area contributed by atoms with Gasteiger partial charge in [0.05, 0.1) is 5.92 Å². The first kappa shape index (κ1) is 13.9. The molecule has 2 amide bonds. The highest BCUT2D eigenvalue weighted by Gasteiger charge is 2.45. The minimum Gasteiger partial charge on any atom is -0.295 e. The van der Waals surface area contributed by atoms with Crippen molar-refractivity contribution in [3.05, 3.63) is 34.6 Å². The van der Waals surface area contributed by atoms with Gasteiger partial charge >= 0.3 is 0 Å². The molecule has 1 saturated heterocycles. The van der Waals surface area contributed by atoms with Gasteiger partial charge in [0.2, 0.25) is 17.6 Å². The molecule has 0 saturated carbocycles. The maximum Gasteiger partial charge on any atom is 0.241 e. The molecule has 1 aromatic carbocycles. The van der Waals surface area contributed by atoms with Gasteiger partial charge in [-0.2, -0.15) is 0 Å². The maximum atomic E-state index is 13.5. The van der Waals surface area contributed by atoms with Crippen LogP contribution in [0.5, 0.6) is 0 Å². The third-order valence-corrected chi connectivity index (χ3v) is 3.57. The van der Waals surface area contributed by atoms with Gasteiger partial charge in [-0.15, -0.1) is 0 Å². The molecule has 2 atom stereocenters. The van der Waals surface area contributed by atoms with Crippen LogP contribution in [0.25, 0.3) is 0 Å². The summed E-state index contributed by atoms with van der Waals surface area (Å²) in [5, 5.41) is 1.73. The van der Waals surface area contributed by atoms with Crippen LogP contribution >= 0.6 is 15.9 Å². The number of amides is 2. The minimum absolute atomic E-state index is 0.918. The van der Waals surface area contributed by atoms with Crippen LogP contribution in [0.3, 0.4) is 0 Å². The second-order valence-corrected chi connectivity index (χ2v) is 4.70. The van der Waals surface area contributed by atoms with E-state index in [0.29, 0.717) is 0 Å². The van der Waals surface area contributed by atoms with Gasteiger partial charge in [-0.3, -0.25) is 14.9 Å². The number of halogens is 6. The van der Waals surface area contributed by atoms with E-state index in [0.717, 1.165) is 0 Å². The lowest BCUT2D eigenvalue weighted by Gasteiger charge is -2.13. The third kappa shape index (κ3) is 1.92. The summed E-state index contributed by atoms with van der Waals surface area (Å²) < 4.78 is 65.9. The van der Waals surface area contributed by atoms with Crippen molar-refractivity contribution >= 4 is 27.7 Å². The van der Waals surface area contributed by atoms with Gasteiger partial charge in [0, 0.05) is 5.56 Å². The van der Waals surface area contributed by atoms with Crippen LogP contribution in [0.2, 0.25) is 0 Å². The standard InChI is InChI=1S/C10H3BrF5NO2/c11-3-1(9(18)17-10(3)19)2-4(12)6(14)8(16)7(15)5(2)13/h1,3H,(H,17,18,19). The lowest BCUT2D eigenvalue weighted by molar-refractivity contribution is -0.125. The second kappa shape index (κ2) is 4.55. The van der Waals surface area contributed by atoms with Crippen LogP contribution in [-0.2, 0) is 9.59 Å². The van der Waals surface area contributed by atoms with E-state index in [4.69, 9.17) is 0 Å². The zero-order valence-electron chi connectivity index (χ0n) is 8.74. The SMILES string of the molecule is O=C1NC(=O)C(c2c(F)c(F)c(F)c(F)c2F)C1Br. The first-order chi connectivity index (χ1) is 8.77. The van der Waals surface area contributed by atoms with Crippen molar-refractivity contribution in [1.82, 2.24) is 5.32 Å². The van der Waals surface area contributed by atoms with Crippen LogP contribution in [0.15, 0.2) is 0 Å². The Morgan fingerprint density at radius 1 is 0.789 bits per heavy atom. The summed E-state index contributed by atoms with van der Waals surface area (Å²) in [7, 11) is 0. The monoisotopic (exact) mass is 343 g/mol. The first-order valence-corrected chi connectivity index (χ1v) is 5.69. The molecule has 0 spiro atoms. The average Bonchev–Trinajstić information content (AvgIpc) is 2.61. The highest BCUT2D eigenvalue weighted by atomic mass is 79.9. The van der Waals surface area contributed by atoms with Gasteiger partial charge < -0.3 is 0 Å². The Bertz CT molecular complexity index is 577. The minimum atomic E-state index is -2.32. The van der Waals surface area contributed by atoms with Crippen molar-refractivity contribution < 1.29 is 31.5 Å². The van der Waals surface area contributed by atoms with E-state index in [1.807, 2.05) is 0 Å². The van der Waals surface area contributed by atoms with Gasteiger partial charge in [-0.1, -0.05) is 15.9 Å². The molecule has 1 aromatic rings. The fraction of sp³-hybridized carbons (Fsp3) is 0.200. The highest BCUT2D eigenvalue weighted by molar-refractivity contribution is 9.10. The lowest BCUT2D eigenvalue weighted by atomic mass is 9.95. The van der Waals surface area contributed by atoms with Gasteiger partial charge in [0.1, 0.15) is 4.83 Å². The Morgan fingerprint density at radius 3 is 1.58 bits per heavy atom. The quantitative estimate of drug-likeness (QED) is 0.278. The Balaban J connectivity index is 2.70. The number of imide groups is 1. The number of alkyl halides is 1. The summed E-state index contributed by atoms with van der Waals surface area (Å²) in [5.41, 5.74) is -1.33. The average molecular weight is 344 g/mol. The summed E-state index contributed by atoms with van der Waals surface area (Å²) in [6.45, 7) is 0. The number of carbonyl (C=O) groups excluding carboxylic acids is 2. The lowest BCUT2D eigenvalue weighted by Crippen LogP contribution is -2.23. The summed E-state index contributed by atoms with van der Waals surface area (Å²) >= 11 is 2.68. The normalized spacial score (nSPS) is 22.8. The molecule has 0 aromatic heterocycles. The Hall–Kier alpha value is -1.51. The van der Waals surface area contributed by atoms with E-state index < -0.39 is 57.2 Å². The fourth-order valence-corrected chi connectivity index (χ4v) is 2.34. The van der Waals surface area contributed by atoms with Gasteiger partial charge in [-0.25, -0.2) is 22.0 Å². The fourth-order valence-electron chi connectivity index (χ4n) is 1.72. The molecule has 19 heavy (non-hydrogen) atoms. The summed E-state index contributed by atoms with van der Waals surface area (Å²) in [5.74, 6) is -14.8. The van der Waals surface area contributed by atoms with Crippen molar-refractivity contribution in [3.63, 3.8) is 0 Å². The molecular weight excluding hydrogens is 341 g/mol. The van der Waals surface area contributed by atoms with Crippen LogP contribution < -0.4 is 5.32 Å². The largest absolute Gasteiger partial charge is 0.295 e. The van der Waals surface area contributed by atoms with Crippen LogP contribution in [-0.4, -0.2) is 16.6 Å². The van der Waals surface area contributed by atoms with E-state index >= 15 is 0 Å². The number of nitrogens with one attached hydrogen (secondary N) is 1. The van der Waals surface area contributed by atoms with E-state index in [2.05, 4.69) is 15.9 Å². The zero-order valence-corrected chi connectivity index (χ0v) is 10.3. The molecule has 3 nitrogen and oxygen atoms in total. The van der Waals surface area contributed by atoms with Crippen molar-refractivity contribution in [2.45, 2.75) is 10.7 Å². The van der Waals surface area contributed by atoms with Crippen LogP contribution in [0.4, 0.5) is 22.0 Å². The Morgan fingerprint density at radius 2 is 1.21 bits per heavy atom. The molecule has 2 rings (SSSR count). The molecule has 2 unspecified atom stereocenters. The van der Waals surface area contributed by atoms with Crippen molar-refractivity contribution in [2.24, 2.45) is 0 Å². The van der Waals surface area contributed by atoms with Crippen LogP contribution in [0, 0.1) is 29.1 Å². The van der Waals surface area contributed by atoms with Crippen molar-refractivity contribution in [2.75, 3.05) is 0 Å². The molecule has 1 aliphatic rings. The molecule has 1 N–H and O–H groups in total. The van der Waals surface area contributed by atoms with Gasteiger partial charge in [0.15, 0.2) is 23.3 Å². The van der Waals surface area contributed by atoms with Crippen molar-refractivity contribution in [3.8, 4) is 0 Å². The predicted molar refractivity (Wildman–Crippen MR) is 54.8 cm³/mol. The molecule has 0 aliphatic carbocycles. The van der Waals surface area contributed by atoms with Crippen molar-refractivity contribution in [1.29, 1.82) is 0 Å². The topological polar surface area (TPSA) is 46.2 Å². The zero-order chi connectivity index (χ0) is 14.5. The molecule has 1 aliphatic heterocycles. The van der Waals surface area contributed by atoms with E-state index in [1.165, 1.54) is 0 Å². The van der Waals surface area contributed by atoms with Crippen LogP contribution in [0.1, 0.15) is 11.5 Å². The summed E-state index contributed by atoms with van der Waals surface area (Å²) in [4.78, 5) is 21.1. The third-order valence-electron chi connectivity index (χ3n) is 2.63. The number of rotatable bonds is 1. The summed E-state index contributed by atoms with van der Waals surface area (Å²) in [6.07, 6.45) is 0. The molecule has 0 bridgehead atoms. The molecule has 1 fully saturated rings. The second-order valence-electron chi connectivity index (χ2n) is 3.72. The van der Waals surface area contributed by atoms with Gasteiger partial charge in [-0.05, 0) is 0 Å². The molecular formula is C10H3BrF5NO2. The smallest absolute Gasteiger partial charge is 0.241 e. The number of benzene rings is 1. The predicted octanol–water partition coefficient (Wildman–Crippen LogP) is 1.89. The highest BCUT2D eigenvalue weighted by Crippen LogP contribution is 2.36. The molecule has 9 heteroatoms. The molecule has 1 heterocycles. The Kier molecular flexibility index (Phi) is 3.33. The maximum absolute atomic E-state index is 13.5. The first-order valence-electron chi connectivity index (χ1n) is 4.77. The molecule has 0 radical (unpaired) electrons. The van der Waals surface area contributed by atoms with E-state index in [9.17, 15) is 31.5 Å². The number of hydrogen-bond acceptors (Lipinski definition) is 2. The number of carbonyl (C=O) groups is 2.